The average molecular weight is 280 g/mol. The summed E-state index contributed by atoms with van der Waals surface area (Å²) in [5, 5.41) is 3.78. The van der Waals surface area contributed by atoms with Crippen LogP contribution < -0.4 is 5.32 Å². The molecule has 0 spiro atoms. The largest absolute Gasteiger partial charge is 0.310 e. The van der Waals surface area contributed by atoms with Gasteiger partial charge in [-0.3, -0.25) is 4.90 Å². The molecule has 2 fully saturated rings. The Bertz CT molecular complexity index is 318. The molecule has 1 atom stereocenters. The molecule has 0 amide bonds. The Labute approximate surface area is 126 Å². The minimum atomic E-state index is 0.308. The van der Waals surface area contributed by atoms with Crippen LogP contribution in [-0.2, 0) is 0 Å². The zero-order chi connectivity index (χ0) is 15.0. The molecule has 2 aliphatic rings. The van der Waals surface area contributed by atoms with Crippen molar-refractivity contribution >= 4 is 0 Å². The molecule has 1 heterocycles. The summed E-state index contributed by atoms with van der Waals surface area (Å²) in [6.45, 7) is 18.3. The predicted molar refractivity (Wildman–Crippen MR) is 88.1 cm³/mol. The molecule has 1 unspecified atom stereocenters. The van der Waals surface area contributed by atoms with E-state index in [9.17, 15) is 0 Å². The summed E-state index contributed by atoms with van der Waals surface area (Å²) in [6.07, 6.45) is 6.63. The van der Waals surface area contributed by atoms with Crippen LogP contribution in [0.3, 0.4) is 0 Å². The van der Waals surface area contributed by atoms with E-state index in [4.69, 9.17) is 0 Å². The van der Waals surface area contributed by atoms with Crippen LogP contribution in [0.2, 0.25) is 0 Å². The molecule has 1 aliphatic carbocycles. The third kappa shape index (κ3) is 3.98. The molecule has 0 aromatic rings. The molecule has 1 aliphatic heterocycles. The first-order chi connectivity index (χ1) is 9.15. The lowest BCUT2D eigenvalue weighted by Gasteiger charge is -2.49. The van der Waals surface area contributed by atoms with Gasteiger partial charge in [-0.1, -0.05) is 34.6 Å². The predicted octanol–water partition coefficient (Wildman–Crippen LogP) is 4.06. The number of rotatable bonds is 2. The van der Waals surface area contributed by atoms with E-state index in [0.717, 1.165) is 6.04 Å². The summed E-state index contributed by atoms with van der Waals surface area (Å²) in [4.78, 5) is 2.81. The number of hydrogen-bond donors (Lipinski definition) is 1. The van der Waals surface area contributed by atoms with Gasteiger partial charge in [0.25, 0.3) is 0 Å². The number of nitrogens with one attached hydrogen (secondary N) is 1. The summed E-state index contributed by atoms with van der Waals surface area (Å²) in [5.74, 6) is 0. The van der Waals surface area contributed by atoms with Crippen LogP contribution in [0.25, 0.3) is 0 Å². The highest BCUT2D eigenvalue weighted by atomic mass is 15.2. The van der Waals surface area contributed by atoms with Crippen molar-refractivity contribution in [3.8, 4) is 0 Å². The maximum absolute atomic E-state index is 3.78. The zero-order valence-electron chi connectivity index (χ0n) is 14.7. The fraction of sp³-hybridized carbons (Fsp3) is 1.00. The van der Waals surface area contributed by atoms with Crippen LogP contribution >= 0.6 is 0 Å². The van der Waals surface area contributed by atoms with Gasteiger partial charge < -0.3 is 5.32 Å². The van der Waals surface area contributed by atoms with Gasteiger partial charge in [0, 0.05) is 18.1 Å². The zero-order valence-corrected chi connectivity index (χ0v) is 14.7. The highest BCUT2D eigenvalue weighted by Crippen LogP contribution is 2.47. The molecule has 1 N–H and O–H groups in total. The van der Waals surface area contributed by atoms with Gasteiger partial charge in [-0.25, -0.2) is 0 Å². The van der Waals surface area contributed by atoms with E-state index in [0.29, 0.717) is 16.4 Å². The summed E-state index contributed by atoms with van der Waals surface area (Å²) >= 11 is 0. The van der Waals surface area contributed by atoms with E-state index in [1.165, 1.54) is 51.7 Å². The maximum Gasteiger partial charge on any atom is 0.0277 e. The second-order valence-corrected chi connectivity index (χ2v) is 9.23. The highest BCUT2D eigenvalue weighted by Gasteiger charge is 2.42. The van der Waals surface area contributed by atoms with Crippen molar-refractivity contribution in [3.05, 3.63) is 0 Å². The van der Waals surface area contributed by atoms with Gasteiger partial charge in [-0.05, 0) is 62.9 Å². The van der Waals surface area contributed by atoms with E-state index < -0.39 is 0 Å². The Morgan fingerprint density at radius 1 is 1.05 bits per heavy atom. The quantitative estimate of drug-likeness (QED) is 0.821. The Balaban J connectivity index is 2.12. The van der Waals surface area contributed by atoms with Crippen LogP contribution in [0.5, 0.6) is 0 Å². The van der Waals surface area contributed by atoms with Crippen LogP contribution in [0.1, 0.15) is 73.6 Å². The minimum Gasteiger partial charge on any atom is -0.310 e. The lowest BCUT2D eigenvalue weighted by atomic mass is 9.63. The number of nitrogens with zero attached hydrogens (tertiary/aromatic N) is 1. The van der Waals surface area contributed by atoms with Crippen molar-refractivity contribution in [2.75, 3.05) is 19.6 Å². The first-order valence-corrected chi connectivity index (χ1v) is 8.64. The average Bonchev–Trinajstić information content (AvgIpc) is 2.48. The Hall–Kier alpha value is -0.0800. The van der Waals surface area contributed by atoms with Gasteiger partial charge in [0.15, 0.2) is 0 Å². The molecule has 1 saturated carbocycles. The first-order valence-electron chi connectivity index (χ1n) is 8.64. The smallest absolute Gasteiger partial charge is 0.0277 e. The monoisotopic (exact) mass is 280 g/mol. The van der Waals surface area contributed by atoms with E-state index >= 15 is 0 Å². The molecule has 2 rings (SSSR count). The van der Waals surface area contributed by atoms with Crippen molar-refractivity contribution in [2.45, 2.75) is 85.2 Å². The lowest BCUT2D eigenvalue weighted by Crippen LogP contribution is -2.53. The fourth-order valence-electron chi connectivity index (χ4n) is 4.85. The molecular weight excluding hydrogens is 244 g/mol. The van der Waals surface area contributed by atoms with Gasteiger partial charge in [0.2, 0.25) is 0 Å². The van der Waals surface area contributed by atoms with E-state index in [-0.39, 0.29) is 0 Å². The van der Waals surface area contributed by atoms with Crippen LogP contribution in [-0.4, -0.2) is 36.1 Å². The van der Waals surface area contributed by atoms with Crippen molar-refractivity contribution in [3.63, 3.8) is 0 Å². The van der Waals surface area contributed by atoms with E-state index in [1.54, 1.807) is 0 Å². The molecule has 0 aromatic carbocycles. The lowest BCUT2D eigenvalue weighted by molar-refractivity contribution is 0.0176. The Kier molecular flexibility index (Phi) is 4.57. The second-order valence-electron chi connectivity index (χ2n) is 9.23. The summed E-state index contributed by atoms with van der Waals surface area (Å²) in [5.41, 5.74) is 1.30. The van der Waals surface area contributed by atoms with Crippen molar-refractivity contribution in [1.29, 1.82) is 0 Å². The summed E-state index contributed by atoms with van der Waals surface area (Å²) in [6, 6.07) is 0.777. The second kappa shape index (κ2) is 5.61. The Morgan fingerprint density at radius 3 is 2.20 bits per heavy atom. The van der Waals surface area contributed by atoms with Crippen molar-refractivity contribution in [2.24, 2.45) is 10.8 Å². The molecule has 1 saturated heterocycles. The first kappa shape index (κ1) is 16.3. The maximum atomic E-state index is 3.78. The molecule has 0 bridgehead atoms. The molecule has 20 heavy (non-hydrogen) atoms. The van der Waals surface area contributed by atoms with Crippen molar-refractivity contribution < 1.29 is 0 Å². The normalized spacial score (nSPS) is 35.7. The number of hydrogen-bond acceptors (Lipinski definition) is 2. The van der Waals surface area contributed by atoms with Gasteiger partial charge >= 0.3 is 0 Å². The molecule has 2 heteroatoms. The molecular formula is C18H36N2. The van der Waals surface area contributed by atoms with Gasteiger partial charge in [0.05, 0.1) is 0 Å². The summed E-state index contributed by atoms with van der Waals surface area (Å²) < 4.78 is 0. The van der Waals surface area contributed by atoms with Crippen LogP contribution in [0.15, 0.2) is 0 Å². The van der Waals surface area contributed by atoms with Gasteiger partial charge in [-0.15, -0.1) is 0 Å². The van der Waals surface area contributed by atoms with Crippen LogP contribution in [0, 0.1) is 10.8 Å². The van der Waals surface area contributed by atoms with Gasteiger partial charge in [0.1, 0.15) is 0 Å². The minimum absolute atomic E-state index is 0.308. The molecule has 118 valence electrons. The van der Waals surface area contributed by atoms with Crippen LogP contribution in [0.4, 0.5) is 0 Å². The topological polar surface area (TPSA) is 15.3 Å². The molecule has 2 nitrogen and oxygen atoms in total. The Morgan fingerprint density at radius 2 is 1.65 bits per heavy atom. The standard InChI is InChI=1S/C18H36N2/c1-7-18(6)14-20(10-8-9-19-18)15-11-16(2,3)13-17(4,5)12-15/h15,19H,7-14H2,1-6H3. The molecule has 0 radical (unpaired) electrons. The van der Waals surface area contributed by atoms with Gasteiger partial charge in [-0.2, -0.15) is 0 Å². The van der Waals surface area contributed by atoms with Crippen molar-refractivity contribution in [1.82, 2.24) is 10.2 Å². The summed E-state index contributed by atoms with van der Waals surface area (Å²) in [7, 11) is 0. The van der Waals surface area contributed by atoms with E-state index in [2.05, 4.69) is 51.8 Å². The highest BCUT2D eigenvalue weighted by molar-refractivity contribution is 4.97. The third-order valence-electron chi connectivity index (χ3n) is 5.56. The van der Waals surface area contributed by atoms with E-state index in [1.807, 2.05) is 0 Å². The SMILES string of the molecule is CCC1(C)CN(C2CC(C)(C)CC(C)(C)C2)CCCN1. The third-order valence-corrected chi connectivity index (χ3v) is 5.56. The molecule has 0 aromatic heterocycles. The fourth-order valence-corrected chi connectivity index (χ4v) is 4.85.